The summed E-state index contributed by atoms with van der Waals surface area (Å²) in [6, 6.07) is 8.98. The van der Waals surface area contributed by atoms with Crippen molar-refractivity contribution in [2.24, 2.45) is 0 Å². The topological polar surface area (TPSA) is 57.2 Å². The van der Waals surface area contributed by atoms with E-state index in [1.807, 2.05) is 38.1 Å². The van der Waals surface area contributed by atoms with Crippen molar-refractivity contribution in [3.8, 4) is 28.7 Å². The number of benzene rings is 2. The second-order valence-corrected chi connectivity index (χ2v) is 6.81. The molecule has 0 amide bonds. The Labute approximate surface area is 152 Å². The van der Waals surface area contributed by atoms with E-state index in [0.717, 1.165) is 16.9 Å². The van der Waals surface area contributed by atoms with Crippen molar-refractivity contribution in [3.63, 3.8) is 0 Å². The number of phenols is 1. The van der Waals surface area contributed by atoms with E-state index in [-0.39, 0.29) is 17.8 Å². The molecule has 2 heterocycles. The molecule has 136 valence electrons. The Morgan fingerprint density at radius 3 is 2.85 bits per heavy atom. The number of hydrogen-bond donors (Lipinski definition) is 1. The monoisotopic (exact) mass is 354 g/mol. The highest BCUT2D eigenvalue weighted by atomic mass is 16.5. The fraction of sp³-hybridized carbons (Fsp3) is 0.333. The number of rotatable bonds is 4. The van der Waals surface area contributed by atoms with E-state index in [1.54, 1.807) is 19.2 Å². The quantitative estimate of drug-likeness (QED) is 0.827. The van der Waals surface area contributed by atoms with Gasteiger partial charge in [0.25, 0.3) is 0 Å². The van der Waals surface area contributed by atoms with Crippen LogP contribution in [0.4, 0.5) is 0 Å². The fourth-order valence-electron chi connectivity index (χ4n) is 3.46. The molecule has 2 aliphatic rings. The van der Waals surface area contributed by atoms with Gasteiger partial charge in [0.15, 0.2) is 0 Å². The summed E-state index contributed by atoms with van der Waals surface area (Å²) in [5.74, 6) is 3.06. The van der Waals surface area contributed by atoms with E-state index in [2.05, 4.69) is 0 Å². The smallest absolute Gasteiger partial charge is 0.141 e. The van der Waals surface area contributed by atoms with Crippen molar-refractivity contribution in [2.75, 3.05) is 20.3 Å². The first-order valence-corrected chi connectivity index (χ1v) is 8.67. The van der Waals surface area contributed by atoms with Crippen molar-refractivity contribution in [1.29, 1.82) is 0 Å². The van der Waals surface area contributed by atoms with Gasteiger partial charge in [-0.15, -0.1) is 0 Å². The molecule has 0 radical (unpaired) electrons. The molecule has 0 aliphatic carbocycles. The van der Waals surface area contributed by atoms with Crippen molar-refractivity contribution in [2.45, 2.75) is 25.9 Å². The maximum absolute atomic E-state index is 9.73. The molecule has 0 bridgehead atoms. The van der Waals surface area contributed by atoms with Crippen LogP contribution in [0.15, 0.2) is 42.0 Å². The zero-order valence-electron chi connectivity index (χ0n) is 15.1. The molecular weight excluding hydrogens is 332 g/mol. The van der Waals surface area contributed by atoms with E-state index in [4.69, 9.17) is 18.9 Å². The Bertz CT molecular complexity index is 850. The average Bonchev–Trinajstić information content (AvgIpc) is 2.98. The molecule has 5 nitrogen and oxygen atoms in total. The molecule has 2 aromatic rings. The summed E-state index contributed by atoms with van der Waals surface area (Å²) in [5, 5.41) is 9.73. The minimum atomic E-state index is -0.197. The van der Waals surface area contributed by atoms with Gasteiger partial charge < -0.3 is 24.1 Å². The second kappa shape index (κ2) is 6.48. The summed E-state index contributed by atoms with van der Waals surface area (Å²) >= 11 is 0. The first-order chi connectivity index (χ1) is 12.6. The first kappa shape index (κ1) is 16.6. The van der Waals surface area contributed by atoms with Crippen molar-refractivity contribution >= 4 is 0 Å². The fourth-order valence-corrected chi connectivity index (χ4v) is 3.46. The summed E-state index contributed by atoms with van der Waals surface area (Å²) in [4.78, 5) is 0. The van der Waals surface area contributed by atoms with Gasteiger partial charge in [0, 0.05) is 23.8 Å². The van der Waals surface area contributed by atoms with Gasteiger partial charge in [0.05, 0.1) is 25.2 Å². The van der Waals surface area contributed by atoms with E-state index in [9.17, 15) is 5.11 Å². The summed E-state index contributed by atoms with van der Waals surface area (Å²) in [5.41, 5.74) is 3.13. The summed E-state index contributed by atoms with van der Waals surface area (Å²) in [6.07, 6.45) is 1.82. The number of ether oxygens (including phenoxy) is 4. The molecule has 0 spiro atoms. The van der Waals surface area contributed by atoms with Crippen molar-refractivity contribution in [1.82, 2.24) is 0 Å². The van der Waals surface area contributed by atoms with Gasteiger partial charge in [-0.2, -0.15) is 0 Å². The van der Waals surface area contributed by atoms with Crippen LogP contribution in [0.25, 0.3) is 0 Å². The molecule has 2 aliphatic heterocycles. The standard InChI is InChI=1S/C21H22O5/c1-12(2)6-7-24-14-9-18(23-3)20-19(10-14)25-11-16-15-5-4-13(22)8-17(15)26-21(16)20/h4-6,8-10,16,21-22H,7,11H2,1-3H3. The number of fused-ring (bicyclic) bond motifs is 5. The van der Waals surface area contributed by atoms with Crippen LogP contribution in [0, 0.1) is 0 Å². The molecule has 26 heavy (non-hydrogen) atoms. The lowest BCUT2D eigenvalue weighted by Gasteiger charge is -2.29. The lowest BCUT2D eigenvalue weighted by Crippen LogP contribution is -2.23. The summed E-state index contributed by atoms with van der Waals surface area (Å²) < 4.78 is 23.6. The van der Waals surface area contributed by atoms with Crippen LogP contribution in [0.1, 0.15) is 37.0 Å². The van der Waals surface area contributed by atoms with Gasteiger partial charge in [0.1, 0.15) is 41.5 Å². The molecule has 2 unspecified atom stereocenters. The Morgan fingerprint density at radius 2 is 2.08 bits per heavy atom. The second-order valence-electron chi connectivity index (χ2n) is 6.81. The highest BCUT2D eigenvalue weighted by Gasteiger charge is 2.43. The van der Waals surface area contributed by atoms with Crippen LogP contribution in [0.3, 0.4) is 0 Å². The summed E-state index contributed by atoms with van der Waals surface area (Å²) in [6.45, 7) is 5.08. The molecular formula is C21H22O5. The van der Waals surface area contributed by atoms with Gasteiger partial charge in [-0.05, 0) is 26.0 Å². The number of methoxy groups -OCH3 is 1. The molecule has 0 aromatic heterocycles. The predicted molar refractivity (Wildman–Crippen MR) is 97.6 cm³/mol. The van der Waals surface area contributed by atoms with Crippen LogP contribution in [0.5, 0.6) is 28.7 Å². The Balaban J connectivity index is 1.68. The third-order valence-electron chi connectivity index (χ3n) is 4.76. The zero-order valence-corrected chi connectivity index (χ0v) is 15.1. The molecule has 2 aromatic carbocycles. The lowest BCUT2D eigenvalue weighted by atomic mass is 9.89. The number of allylic oxidation sites excluding steroid dienone is 1. The maximum atomic E-state index is 9.73. The van der Waals surface area contributed by atoms with Crippen molar-refractivity contribution < 1.29 is 24.1 Å². The van der Waals surface area contributed by atoms with Gasteiger partial charge in [-0.1, -0.05) is 11.6 Å². The van der Waals surface area contributed by atoms with E-state index in [1.165, 1.54) is 5.57 Å². The van der Waals surface area contributed by atoms with E-state index in [0.29, 0.717) is 30.5 Å². The molecule has 5 heteroatoms. The van der Waals surface area contributed by atoms with Gasteiger partial charge >= 0.3 is 0 Å². The first-order valence-electron chi connectivity index (χ1n) is 8.67. The van der Waals surface area contributed by atoms with Gasteiger partial charge in [-0.3, -0.25) is 0 Å². The third-order valence-corrected chi connectivity index (χ3v) is 4.76. The SMILES string of the molecule is COc1cc(OCC=C(C)C)cc2c1C1Oc3cc(O)ccc3C1CO2. The highest BCUT2D eigenvalue weighted by Crippen LogP contribution is 2.54. The minimum absolute atomic E-state index is 0.0736. The predicted octanol–water partition coefficient (Wildman–Crippen LogP) is 4.36. The molecule has 4 rings (SSSR count). The molecule has 2 atom stereocenters. The molecule has 1 N–H and O–H groups in total. The van der Waals surface area contributed by atoms with E-state index < -0.39 is 0 Å². The number of phenolic OH excluding ortho intramolecular Hbond substituents is 1. The normalized spacial score (nSPS) is 19.3. The van der Waals surface area contributed by atoms with Crippen LogP contribution in [-0.2, 0) is 0 Å². The maximum Gasteiger partial charge on any atom is 0.141 e. The molecule has 0 saturated heterocycles. The zero-order chi connectivity index (χ0) is 18.3. The van der Waals surface area contributed by atoms with Crippen LogP contribution < -0.4 is 18.9 Å². The van der Waals surface area contributed by atoms with Crippen LogP contribution in [-0.4, -0.2) is 25.4 Å². The Morgan fingerprint density at radius 1 is 1.23 bits per heavy atom. The van der Waals surface area contributed by atoms with Gasteiger partial charge in [-0.25, -0.2) is 0 Å². The average molecular weight is 354 g/mol. The highest BCUT2D eigenvalue weighted by molar-refractivity contribution is 5.57. The largest absolute Gasteiger partial charge is 0.508 e. The lowest BCUT2D eigenvalue weighted by molar-refractivity contribution is 0.135. The Kier molecular flexibility index (Phi) is 4.15. The Hall–Kier alpha value is -2.82. The van der Waals surface area contributed by atoms with Crippen LogP contribution >= 0.6 is 0 Å². The number of hydrogen-bond acceptors (Lipinski definition) is 5. The summed E-state index contributed by atoms with van der Waals surface area (Å²) in [7, 11) is 1.63. The molecule has 0 fully saturated rings. The third kappa shape index (κ3) is 2.83. The van der Waals surface area contributed by atoms with Gasteiger partial charge in [0.2, 0.25) is 0 Å². The number of aromatic hydroxyl groups is 1. The minimum Gasteiger partial charge on any atom is -0.508 e. The van der Waals surface area contributed by atoms with E-state index >= 15 is 0 Å². The molecule has 0 saturated carbocycles. The van der Waals surface area contributed by atoms with Crippen molar-refractivity contribution in [3.05, 3.63) is 53.1 Å². The van der Waals surface area contributed by atoms with Crippen LogP contribution in [0.2, 0.25) is 0 Å².